The molecule has 2 aromatic rings. The lowest BCUT2D eigenvalue weighted by Gasteiger charge is -2.25. The first-order valence-corrected chi connectivity index (χ1v) is 8.99. The van der Waals surface area contributed by atoms with Gasteiger partial charge in [-0.05, 0) is 55.0 Å². The van der Waals surface area contributed by atoms with Crippen molar-refractivity contribution in [2.45, 2.75) is 13.1 Å². The number of anilines is 1. The molecule has 1 heterocycles. The molecular formula is C23H18F4N2O. The molecule has 1 aliphatic rings. The molecule has 30 heavy (non-hydrogen) atoms. The number of allylic oxidation sites excluding steroid dienone is 4. The molecule has 154 valence electrons. The molecule has 7 heteroatoms. The van der Waals surface area contributed by atoms with Crippen molar-refractivity contribution in [2.24, 2.45) is 0 Å². The van der Waals surface area contributed by atoms with Crippen molar-refractivity contribution < 1.29 is 22.4 Å². The van der Waals surface area contributed by atoms with Gasteiger partial charge in [-0.25, -0.2) is 4.39 Å². The van der Waals surface area contributed by atoms with Gasteiger partial charge in [0.1, 0.15) is 5.82 Å². The summed E-state index contributed by atoms with van der Waals surface area (Å²) < 4.78 is 53.7. The normalized spacial score (nSPS) is 15.2. The number of halogens is 4. The summed E-state index contributed by atoms with van der Waals surface area (Å²) in [5, 5.41) is 2.39. The van der Waals surface area contributed by atoms with Crippen LogP contribution in [0.15, 0.2) is 85.4 Å². The first kappa shape index (κ1) is 21.1. The number of hydrogen-bond acceptors (Lipinski definition) is 2. The monoisotopic (exact) mass is 414 g/mol. The predicted octanol–water partition coefficient (Wildman–Crippen LogP) is 6.36. The molecule has 3 nitrogen and oxygen atoms in total. The molecule has 1 amide bonds. The van der Waals surface area contributed by atoms with E-state index in [1.54, 1.807) is 42.5 Å². The Kier molecular flexibility index (Phi) is 5.91. The van der Waals surface area contributed by atoms with Crippen LogP contribution in [-0.2, 0) is 6.18 Å². The van der Waals surface area contributed by atoms with Crippen molar-refractivity contribution in [3.05, 3.63) is 108 Å². The van der Waals surface area contributed by atoms with E-state index in [0.717, 1.165) is 23.9 Å². The third kappa shape index (κ3) is 4.35. The molecule has 0 fully saturated rings. The second kappa shape index (κ2) is 8.41. The van der Waals surface area contributed by atoms with Crippen molar-refractivity contribution in [1.29, 1.82) is 0 Å². The van der Waals surface area contributed by atoms with Gasteiger partial charge in [0.2, 0.25) is 0 Å². The molecule has 0 bridgehead atoms. The zero-order chi connectivity index (χ0) is 21.9. The lowest BCUT2D eigenvalue weighted by Crippen LogP contribution is -2.20. The molecule has 0 atom stereocenters. The maximum atomic E-state index is 13.5. The van der Waals surface area contributed by atoms with Gasteiger partial charge in [0.05, 0.1) is 11.1 Å². The van der Waals surface area contributed by atoms with Crippen LogP contribution in [0.2, 0.25) is 0 Å². The van der Waals surface area contributed by atoms with E-state index in [1.807, 2.05) is 0 Å². The molecule has 0 saturated carbocycles. The Labute approximate surface area is 171 Å². The first-order valence-electron chi connectivity index (χ1n) is 8.99. The van der Waals surface area contributed by atoms with Crippen molar-refractivity contribution in [1.82, 2.24) is 4.90 Å². The highest BCUT2D eigenvalue weighted by atomic mass is 19.4. The number of nitrogens with one attached hydrogen (secondary N) is 1. The third-order valence-corrected chi connectivity index (χ3v) is 4.52. The van der Waals surface area contributed by atoms with Crippen LogP contribution >= 0.6 is 0 Å². The fourth-order valence-corrected chi connectivity index (χ4v) is 3.12. The summed E-state index contributed by atoms with van der Waals surface area (Å²) in [4.78, 5) is 14.4. The Morgan fingerprint density at radius 3 is 2.43 bits per heavy atom. The second-order valence-electron chi connectivity index (χ2n) is 6.40. The predicted molar refractivity (Wildman–Crippen MR) is 109 cm³/mol. The van der Waals surface area contributed by atoms with Crippen LogP contribution in [-0.4, -0.2) is 10.8 Å². The summed E-state index contributed by atoms with van der Waals surface area (Å²) >= 11 is 0. The number of carbonyl (C=O) groups is 1. The number of rotatable bonds is 4. The highest BCUT2D eigenvalue weighted by Gasteiger charge is 2.35. The maximum Gasteiger partial charge on any atom is 0.417 e. The Morgan fingerprint density at radius 1 is 1.13 bits per heavy atom. The molecule has 0 aliphatic carbocycles. The molecule has 1 aliphatic heterocycles. The summed E-state index contributed by atoms with van der Waals surface area (Å²) in [6.45, 7) is 5.52. The van der Waals surface area contributed by atoms with E-state index in [9.17, 15) is 22.4 Å². The average Bonchev–Trinajstić information content (AvgIpc) is 2.73. The minimum atomic E-state index is -4.72. The van der Waals surface area contributed by atoms with Crippen molar-refractivity contribution >= 4 is 17.2 Å². The van der Waals surface area contributed by atoms with Gasteiger partial charge < -0.3 is 10.2 Å². The molecule has 0 spiro atoms. The van der Waals surface area contributed by atoms with Crippen LogP contribution in [0.3, 0.4) is 0 Å². The number of alkyl halides is 3. The number of nitrogens with zero attached hydrogens (tertiary/aromatic N) is 1. The molecule has 0 radical (unpaired) electrons. The number of amides is 1. The van der Waals surface area contributed by atoms with Crippen molar-refractivity contribution in [3.63, 3.8) is 0 Å². The quantitative estimate of drug-likeness (QED) is 0.591. The van der Waals surface area contributed by atoms with Crippen LogP contribution in [0.5, 0.6) is 0 Å². The van der Waals surface area contributed by atoms with E-state index in [4.69, 9.17) is 0 Å². The van der Waals surface area contributed by atoms with Gasteiger partial charge in [-0.1, -0.05) is 24.8 Å². The zero-order valence-corrected chi connectivity index (χ0v) is 16.0. The zero-order valence-electron chi connectivity index (χ0n) is 16.0. The van der Waals surface area contributed by atoms with E-state index in [2.05, 4.69) is 11.9 Å². The van der Waals surface area contributed by atoms with Crippen LogP contribution in [0.4, 0.5) is 23.2 Å². The van der Waals surface area contributed by atoms with Gasteiger partial charge in [-0.3, -0.25) is 4.79 Å². The fraction of sp³-hybridized carbons (Fsp3) is 0.0870. The summed E-state index contributed by atoms with van der Waals surface area (Å²) in [7, 11) is 0. The third-order valence-electron chi connectivity index (χ3n) is 4.52. The van der Waals surface area contributed by atoms with Gasteiger partial charge in [0.25, 0.3) is 5.91 Å². The highest BCUT2D eigenvalue weighted by Crippen LogP contribution is 2.36. The van der Waals surface area contributed by atoms with E-state index in [-0.39, 0.29) is 5.69 Å². The molecule has 3 rings (SSSR count). The minimum Gasteiger partial charge on any atom is -0.324 e. The van der Waals surface area contributed by atoms with Gasteiger partial charge in [-0.2, -0.15) is 13.2 Å². The number of carbonyl (C=O) groups excluding carboxylic acids is 1. The van der Waals surface area contributed by atoms with Crippen LogP contribution in [0.25, 0.3) is 5.57 Å². The van der Waals surface area contributed by atoms with Crippen LogP contribution in [0, 0.1) is 5.82 Å². The van der Waals surface area contributed by atoms with Crippen LogP contribution in [0.1, 0.15) is 28.4 Å². The topological polar surface area (TPSA) is 32.3 Å². The Hall–Kier alpha value is -3.61. The molecular weight excluding hydrogens is 396 g/mol. The van der Waals surface area contributed by atoms with E-state index < -0.39 is 29.0 Å². The summed E-state index contributed by atoms with van der Waals surface area (Å²) in [5.41, 5.74) is 0.408. The lowest BCUT2D eigenvalue weighted by atomic mass is 9.94. The standard InChI is InChI=1S/C23H18F4N2O/c1-3-21-18(6-5-13-29(21)4-2)15-7-12-20(23(25,26)27)19(14-15)22(30)28-17-10-8-16(24)9-11-17/h3-14H,2H2,1H3,(H,28,30)/b21-3-. The first-order chi connectivity index (χ1) is 14.2. The lowest BCUT2D eigenvalue weighted by molar-refractivity contribution is -0.137. The smallest absolute Gasteiger partial charge is 0.324 e. The van der Waals surface area contributed by atoms with Gasteiger partial charge >= 0.3 is 6.18 Å². The number of hydrogen-bond donors (Lipinski definition) is 1. The fourth-order valence-electron chi connectivity index (χ4n) is 3.12. The van der Waals surface area contributed by atoms with Crippen molar-refractivity contribution in [3.8, 4) is 0 Å². The van der Waals surface area contributed by atoms with E-state index in [1.165, 1.54) is 24.3 Å². The molecule has 2 aromatic carbocycles. The van der Waals surface area contributed by atoms with E-state index in [0.29, 0.717) is 11.1 Å². The Morgan fingerprint density at radius 2 is 1.83 bits per heavy atom. The second-order valence-corrected chi connectivity index (χ2v) is 6.40. The summed E-state index contributed by atoms with van der Waals surface area (Å²) in [6.07, 6.45) is 3.90. The number of benzene rings is 2. The average molecular weight is 414 g/mol. The van der Waals surface area contributed by atoms with Gasteiger partial charge in [0, 0.05) is 29.4 Å². The van der Waals surface area contributed by atoms with E-state index >= 15 is 0 Å². The molecule has 1 N–H and O–H groups in total. The molecule has 0 aromatic heterocycles. The van der Waals surface area contributed by atoms with Gasteiger partial charge in [-0.15, -0.1) is 0 Å². The van der Waals surface area contributed by atoms with Crippen LogP contribution < -0.4 is 5.32 Å². The van der Waals surface area contributed by atoms with Crippen molar-refractivity contribution in [2.75, 3.05) is 5.32 Å². The summed E-state index contributed by atoms with van der Waals surface area (Å²) in [6, 6.07) is 8.19. The molecule has 0 unspecified atom stereocenters. The molecule has 0 saturated heterocycles. The largest absolute Gasteiger partial charge is 0.417 e. The summed E-state index contributed by atoms with van der Waals surface area (Å²) in [5.74, 6) is -1.46. The SMILES string of the molecule is C=CN1C=CC=C(c2ccc(C(F)(F)F)c(C(=O)Nc3ccc(F)cc3)c2)/C1=C/C. The minimum absolute atomic E-state index is 0.187. The maximum absolute atomic E-state index is 13.5. The Bertz CT molecular complexity index is 1060. The Balaban J connectivity index is 2.05. The van der Waals surface area contributed by atoms with Gasteiger partial charge in [0.15, 0.2) is 0 Å². The highest BCUT2D eigenvalue weighted by molar-refractivity contribution is 6.06.